The summed E-state index contributed by atoms with van der Waals surface area (Å²) in [5.41, 5.74) is 0.471. The van der Waals surface area contributed by atoms with Gasteiger partial charge in [0, 0.05) is 13.1 Å². The first kappa shape index (κ1) is 20.7. The molecule has 0 spiro atoms. The zero-order valence-corrected chi connectivity index (χ0v) is 17.1. The minimum absolute atomic E-state index is 0.0512. The van der Waals surface area contributed by atoms with Crippen LogP contribution >= 0.6 is 0 Å². The number of aryl methyl sites for hydroxylation is 2. The first-order valence-electron chi connectivity index (χ1n) is 9.63. The highest BCUT2D eigenvalue weighted by Gasteiger charge is 2.20. The molecule has 0 aliphatic carbocycles. The van der Waals surface area contributed by atoms with E-state index < -0.39 is 17.4 Å². The third kappa shape index (κ3) is 4.51. The smallest absolute Gasteiger partial charge is 0.329 e. The molecule has 0 unspecified atom stereocenters. The molecule has 3 aromatic rings. The lowest BCUT2D eigenvalue weighted by Gasteiger charge is -2.18. The molecule has 9 nitrogen and oxygen atoms in total. The van der Waals surface area contributed by atoms with Crippen molar-refractivity contribution in [2.24, 2.45) is 7.05 Å². The molecule has 0 amide bonds. The number of nitrogens with zero attached hydrogens (tertiary/aromatic N) is 3. The van der Waals surface area contributed by atoms with Gasteiger partial charge in [-0.2, -0.15) is 4.98 Å². The van der Waals surface area contributed by atoms with Crippen LogP contribution in [0, 0.1) is 6.92 Å². The molecule has 2 atom stereocenters. The number of H-pyrrole nitrogens is 1. The van der Waals surface area contributed by atoms with E-state index in [1.165, 1.54) is 4.57 Å². The van der Waals surface area contributed by atoms with E-state index in [-0.39, 0.29) is 30.4 Å². The lowest BCUT2D eigenvalue weighted by atomic mass is 10.2. The van der Waals surface area contributed by atoms with Gasteiger partial charge >= 0.3 is 5.69 Å². The van der Waals surface area contributed by atoms with Crippen LogP contribution < -0.4 is 21.3 Å². The molecule has 0 fully saturated rings. The van der Waals surface area contributed by atoms with Crippen molar-refractivity contribution in [3.8, 4) is 5.75 Å². The van der Waals surface area contributed by atoms with Crippen molar-refractivity contribution < 1.29 is 9.84 Å². The predicted octanol–water partition coefficient (Wildman–Crippen LogP) is 1.38. The van der Waals surface area contributed by atoms with Crippen LogP contribution in [0.4, 0.5) is 5.95 Å². The molecule has 2 heterocycles. The van der Waals surface area contributed by atoms with Crippen LogP contribution in [0.2, 0.25) is 0 Å². The van der Waals surface area contributed by atoms with Gasteiger partial charge < -0.3 is 19.7 Å². The van der Waals surface area contributed by atoms with Gasteiger partial charge in [-0.05, 0) is 38.0 Å². The Kier molecular flexibility index (Phi) is 6.07. The average molecular weight is 401 g/mol. The Morgan fingerprint density at radius 2 is 2.10 bits per heavy atom. The molecule has 2 aromatic heterocycles. The second-order valence-corrected chi connectivity index (χ2v) is 7.27. The van der Waals surface area contributed by atoms with Crippen molar-refractivity contribution in [3.63, 3.8) is 0 Å². The van der Waals surface area contributed by atoms with Crippen LogP contribution in [-0.4, -0.2) is 43.0 Å². The number of hydrogen-bond donors (Lipinski definition) is 3. The number of fused-ring (bicyclic) bond motifs is 1. The monoisotopic (exact) mass is 401 g/mol. The normalized spacial score (nSPS) is 13.4. The maximum absolute atomic E-state index is 12.5. The number of anilines is 1. The van der Waals surface area contributed by atoms with E-state index >= 15 is 0 Å². The van der Waals surface area contributed by atoms with Crippen LogP contribution in [0.15, 0.2) is 33.9 Å². The number of aliphatic hydroxyl groups excluding tert-OH is 1. The minimum atomic E-state index is -0.887. The zero-order chi connectivity index (χ0) is 21.1. The largest absolute Gasteiger partial charge is 0.491 e. The fourth-order valence-electron chi connectivity index (χ4n) is 3.01. The van der Waals surface area contributed by atoms with E-state index in [4.69, 9.17) is 4.74 Å². The summed E-state index contributed by atoms with van der Waals surface area (Å²) in [5, 5.41) is 13.8. The highest BCUT2D eigenvalue weighted by molar-refractivity contribution is 5.74. The number of benzene rings is 1. The van der Waals surface area contributed by atoms with E-state index in [1.807, 2.05) is 45.0 Å². The topological polar surface area (TPSA) is 114 Å². The van der Waals surface area contributed by atoms with Crippen molar-refractivity contribution in [1.82, 2.24) is 19.1 Å². The summed E-state index contributed by atoms with van der Waals surface area (Å²) < 4.78 is 8.56. The molecule has 9 heteroatoms. The maximum atomic E-state index is 12.5. The third-order valence-electron chi connectivity index (χ3n) is 4.82. The molecule has 1 aromatic carbocycles. The quantitative estimate of drug-likeness (QED) is 0.525. The van der Waals surface area contributed by atoms with Gasteiger partial charge in [-0.1, -0.05) is 19.1 Å². The Bertz CT molecular complexity index is 1110. The van der Waals surface area contributed by atoms with Gasteiger partial charge in [0.1, 0.15) is 18.5 Å². The minimum Gasteiger partial charge on any atom is -0.491 e. The molecular weight excluding hydrogens is 374 g/mol. The Hall–Kier alpha value is -3.07. The number of aromatic nitrogens is 4. The van der Waals surface area contributed by atoms with Gasteiger partial charge in [0.25, 0.3) is 5.56 Å². The number of aromatic amines is 1. The summed E-state index contributed by atoms with van der Waals surface area (Å²) in [6, 6.07) is 7.65. The van der Waals surface area contributed by atoms with Crippen molar-refractivity contribution >= 4 is 17.1 Å². The molecule has 0 saturated carbocycles. The van der Waals surface area contributed by atoms with Crippen LogP contribution in [0.3, 0.4) is 0 Å². The summed E-state index contributed by atoms with van der Waals surface area (Å²) in [6.07, 6.45) is -0.0423. The van der Waals surface area contributed by atoms with Gasteiger partial charge in [0.15, 0.2) is 11.2 Å². The summed E-state index contributed by atoms with van der Waals surface area (Å²) >= 11 is 0. The molecule has 3 N–H and O–H groups in total. The summed E-state index contributed by atoms with van der Waals surface area (Å²) in [7, 11) is 1.54. The van der Waals surface area contributed by atoms with E-state index in [2.05, 4.69) is 15.3 Å². The van der Waals surface area contributed by atoms with Gasteiger partial charge in [0.2, 0.25) is 5.95 Å². The number of imidazole rings is 1. The number of rotatable bonds is 8. The summed E-state index contributed by atoms with van der Waals surface area (Å²) in [6.45, 7) is 6.12. The molecule has 0 aliphatic rings. The van der Waals surface area contributed by atoms with Gasteiger partial charge in [-0.25, -0.2) is 4.79 Å². The van der Waals surface area contributed by atoms with E-state index in [1.54, 1.807) is 11.6 Å². The number of nitrogens with one attached hydrogen (secondary N) is 2. The first-order valence-corrected chi connectivity index (χ1v) is 9.63. The number of hydrogen-bond acceptors (Lipinski definition) is 6. The Balaban J connectivity index is 1.91. The molecule has 29 heavy (non-hydrogen) atoms. The third-order valence-corrected chi connectivity index (χ3v) is 4.82. The molecule has 0 bridgehead atoms. The lowest BCUT2D eigenvalue weighted by Crippen LogP contribution is -2.31. The Morgan fingerprint density at radius 3 is 2.79 bits per heavy atom. The second-order valence-electron chi connectivity index (χ2n) is 7.27. The van der Waals surface area contributed by atoms with Crippen molar-refractivity contribution in [3.05, 3.63) is 50.7 Å². The van der Waals surface area contributed by atoms with Gasteiger partial charge in [-0.3, -0.25) is 14.3 Å². The highest BCUT2D eigenvalue weighted by atomic mass is 16.5. The maximum Gasteiger partial charge on any atom is 0.329 e. The van der Waals surface area contributed by atoms with Crippen LogP contribution in [0.5, 0.6) is 5.75 Å². The summed E-state index contributed by atoms with van der Waals surface area (Å²) in [5.74, 6) is 1.09. The second kappa shape index (κ2) is 8.52. The Morgan fingerprint density at radius 1 is 1.34 bits per heavy atom. The fraction of sp³-hybridized carbons (Fsp3) is 0.450. The van der Waals surface area contributed by atoms with E-state index in [9.17, 15) is 14.7 Å². The average Bonchev–Trinajstić information content (AvgIpc) is 3.03. The van der Waals surface area contributed by atoms with Crippen molar-refractivity contribution in [2.75, 3.05) is 11.9 Å². The van der Waals surface area contributed by atoms with Crippen molar-refractivity contribution in [1.29, 1.82) is 0 Å². The molecule has 0 saturated heterocycles. The van der Waals surface area contributed by atoms with Gasteiger partial charge in [0.05, 0.1) is 6.54 Å². The van der Waals surface area contributed by atoms with Crippen molar-refractivity contribution in [2.45, 2.75) is 45.9 Å². The van der Waals surface area contributed by atoms with Crippen LogP contribution in [-0.2, 0) is 13.6 Å². The standard InChI is InChI=1S/C20H27N5O4/c1-5-13(3)21-19-22-17-16(18(27)23-20(28)24(17)4)25(19)10-14(26)11-29-15-8-6-7-12(2)9-15/h6-9,13-14,26H,5,10-11H2,1-4H3,(H,21,22)(H,23,27,28)/t13-,14+/m1/s1. The fourth-order valence-corrected chi connectivity index (χ4v) is 3.01. The van der Waals surface area contributed by atoms with Crippen LogP contribution in [0.25, 0.3) is 11.2 Å². The molecule has 156 valence electrons. The molecular formula is C20H27N5O4. The molecule has 0 radical (unpaired) electrons. The molecule has 0 aliphatic heterocycles. The lowest BCUT2D eigenvalue weighted by molar-refractivity contribution is 0.0937. The van der Waals surface area contributed by atoms with E-state index in [0.29, 0.717) is 11.7 Å². The molecule has 3 rings (SSSR count). The highest BCUT2D eigenvalue weighted by Crippen LogP contribution is 2.18. The first-order chi connectivity index (χ1) is 13.8. The zero-order valence-electron chi connectivity index (χ0n) is 17.1. The summed E-state index contributed by atoms with van der Waals surface area (Å²) in [4.78, 5) is 31.1. The Labute approximate surface area is 168 Å². The number of ether oxygens (including phenoxy) is 1. The predicted molar refractivity (Wildman–Crippen MR) is 112 cm³/mol. The van der Waals surface area contributed by atoms with Gasteiger partial charge in [-0.15, -0.1) is 0 Å². The number of aliphatic hydroxyl groups is 1. The SMILES string of the molecule is CC[C@@H](C)Nc1nc2c(c(=O)[nH]c(=O)n2C)n1C[C@H](O)COc1cccc(C)c1. The van der Waals surface area contributed by atoms with Crippen LogP contribution in [0.1, 0.15) is 25.8 Å². The van der Waals surface area contributed by atoms with E-state index in [0.717, 1.165) is 12.0 Å².